The van der Waals surface area contributed by atoms with Gasteiger partial charge in [-0.1, -0.05) is 48.5 Å². The Morgan fingerprint density at radius 2 is 1.60 bits per heavy atom. The van der Waals surface area contributed by atoms with Crippen LogP contribution < -0.4 is 4.90 Å². The number of aliphatic hydroxyl groups excluding tert-OH is 3. The summed E-state index contributed by atoms with van der Waals surface area (Å²) < 4.78 is 7.30. The molecule has 0 saturated carbocycles. The number of aliphatic hydroxyl groups is 3. The zero-order chi connectivity index (χ0) is 24.1. The van der Waals surface area contributed by atoms with Crippen molar-refractivity contribution in [3.63, 3.8) is 0 Å². The van der Waals surface area contributed by atoms with Crippen LogP contribution in [0.1, 0.15) is 34.5 Å². The van der Waals surface area contributed by atoms with Crippen LogP contribution in [0.3, 0.4) is 0 Å². The number of aromatic nitrogens is 4. The van der Waals surface area contributed by atoms with Crippen LogP contribution in [0.5, 0.6) is 0 Å². The molecule has 9 heteroatoms. The van der Waals surface area contributed by atoms with Crippen LogP contribution in [0.4, 0.5) is 5.82 Å². The highest BCUT2D eigenvalue weighted by molar-refractivity contribution is 5.84. The van der Waals surface area contributed by atoms with Crippen molar-refractivity contribution >= 4 is 17.0 Å². The van der Waals surface area contributed by atoms with E-state index in [4.69, 9.17) is 4.74 Å². The minimum Gasteiger partial charge on any atom is -0.394 e. The largest absolute Gasteiger partial charge is 0.394 e. The van der Waals surface area contributed by atoms with E-state index in [1.54, 1.807) is 4.57 Å². The molecule has 35 heavy (non-hydrogen) atoms. The molecule has 2 aromatic carbocycles. The molecule has 1 saturated heterocycles. The van der Waals surface area contributed by atoms with Gasteiger partial charge in [-0.25, -0.2) is 15.0 Å². The summed E-state index contributed by atoms with van der Waals surface area (Å²) in [5.74, 6) is 0.650. The Labute approximate surface area is 202 Å². The topological polar surface area (TPSA) is 117 Å². The van der Waals surface area contributed by atoms with Gasteiger partial charge in [-0.05, 0) is 35.1 Å². The molecule has 2 aliphatic rings. The van der Waals surface area contributed by atoms with Crippen molar-refractivity contribution in [3.8, 4) is 0 Å². The van der Waals surface area contributed by atoms with E-state index < -0.39 is 31.1 Å². The Bertz CT molecular complexity index is 1330. The highest BCUT2D eigenvalue weighted by Gasteiger charge is 2.44. The van der Waals surface area contributed by atoms with Gasteiger partial charge in [0.2, 0.25) is 0 Å². The molecule has 0 bridgehead atoms. The van der Waals surface area contributed by atoms with Gasteiger partial charge in [-0.3, -0.25) is 4.57 Å². The molecule has 3 heterocycles. The Balaban J connectivity index is 1.46. The Hall–Kier alpha value is -3.37. The van der Waals surface area contributed by atoms with Gasteiger partial charge in [-0.2, -0.15) is 0 Å². The van der Waals surface area contributed by atoms with E-state index in [-0.39, 0.29) is 6.04 Å². The lowest BCUT2D eigenvalue weighted by atomic mass is 9.93. The van der Waals surface area contributed by atoms with E-state index in [2.05, 4.69) is 68.4 Å². The summed E-state index contributed by atoms with van der Waals surface area (Å²) in [6, 6.07) is 17.0. The van der Waals surface area contributed by atoms with Crippen molar-refractivity contribution in [2.24, 2.45) is 0 Å². The van der Waals surface area contributed by atoms with Crippen molar-refractivity contribution < 1.29 is 20.1 Å². The minimum absolute atomic E-state index is 0.0675. The van der Waals surface area contributed by atoms with Crippen molar-refractivity contribution in [2.75, 3.05) is 18.6 Å². The molecule has 6 rings (SSSR count). The van der Waals surface area contributed by atoms with Crippen molar-refractivity contribution in [3.05, 3.63) is 83.4 Å². The summed E-state index contributed by atoms with van der Waals surface area (Å²) in [5, 5.41) is 30.2. The minimum atomic E-state index is -1.22. The summed E-state index contributed by atoms with van der Waals surface area (Å²) in [6.45, 7) is -0.398. The number of imidazole rings is 1. The van der Waals surface area contributed by atoms with E-state index >= 15 is 0 Å². The molecule has 3 N–H and O–H groups in total. The fraction of sp³-hybridized carbons (Fsp3) is 0.346. The third-order valence-corrected chi connectivity index (χ3v) is 7.22. The second kappa shape index (κ2) is 8.69. The molecule has 1 fully saturated rings. The van der Waals surface area contributed by atoms with Gasteiger partial charge in [0, 0.05) is 7.05 Å². The van der Waals surface area contributed by atoms with E-state index in [1.165, 1.54) is 34.9 Å². The Morgan fingerprint density at radius 1 is 0.943 bits per heavy atom. The van der Waals surface area contributed by atoms with Gasteiger partial charge in [-0.15, -0.1) is 0 Å². The smallest absolute Gasteiger partial charge is 0.167 e. The fourth-order valence-corrected chi connectivity index (χ4v) is 5.43. The molecule has 2 aromatic heterocycles. The van der Waals surface area contributed by atoms with Crippen LogP contribution in [0, 0.1) is 0 Å². The van der Waals surface area contributed by atoms with E-state index in [9.17, 15) is 15.3 Å². The maximum absolute atomic E-state index is 10.5. The number of anilines is 1. The Morgan fingerprint density at radius 3 is 2.23 bits per heavy atom. The van der Waals surface area contributed by atoms with Crippen molar-refractivity contribution in [1.29, 1.82) is 0 Å². The molecule has 4 aromatic rings. The molecule has 0 unspecified atom stereocenters. The van der Waals surface area contributed by atoms with Gasteiger partial charge in [0.05, 0.1) is 19.0 Å². The first-order valence-electron chi connectivity index (χ1n) is 11.8. The number of rotatable bonds is 4. The summed E-state index contributed by atoms with van der Waals surface area (Å²) >= 11 is 0. The predicted molar refractivity (Wildman–Crippen MR) is 129 cm³/mol. The molecule has 1 aliphatic carbocycles. The number of nitrogens with zero attached hydrogens (tertiary/aromatic N) is 5. The molecule has 1 aliphatic heterocycles. The van der Waals surface area contributed by atoms with Crippen molar-refractivity contribution in [1.82, 2.24) is 19.5 Å². The molecule has 0 radical (unpaired) electrons. The number of hydrogen-bond donors (Lipinski definition) is 3. The average molecular weight is 474 g/mol. The van der Waals surface area contributed by atoms with Gasteiger partial charge in [0.25, 0.3) is 0 Å². The van der Waals surface area contributed by atoms with Gasteiger partial charge < -0.3 is 25.0 Å². The second-order valence-electron chi connectivity index (χ2n) is 9.16. The zero-order valence-corrected chi connectivity index (χ0v) is 19.3. The highest BCUT2D eigenvalue weighted by atomic mass is 16.6. The quantitative estimate of drug-likeness (QED) is 0.411. The third-order valence-electron chi connectivity index (χ3n) is 7.22. The first-order valence-corrected chi connectivity index (χ1v) is 11.8. The normalized spacial score (nSPS) is 24.2. The standard InChI is InChI=1S/C26H27N5O4/c1-30(21-17-8-4-2-6-15(17)10-11-16-7-3-5-9-18(16)21)24-20-25(28-13-27-24)31(14-29-20)26-23(34)22(33)19(12-32)35-26/h2-9,13-14,19,21-23,26,32-34H,10-12H2,1H3/t19-,22-,23-,26-/m1/s1. The van der Waals surface area contributed by atoms with Gasteiger partial charge >= 0.3 is 0 Å². The zero-order valence-electron chi connectivity index (χ0n) is 19.3. The number of fused-ring (bicyclic) bond motifs is 3. The fourth-order valence-electron chi connectivity index (χ4n) is 5.43. The lowest BCUT2D eigenvalue weighted by molar-refractivity contribution is -0.0511. The third kappa shape index (κ3) is 3.51. The van der Waals surface area contributed by atoms with Gasteiger partial charge in [0.1, 0.15) is 24.6 Å². The van der Waals surface area contributed by atoms with Crippen molar-refractivity contribution in [2.45, 2.75) is 43.4 Å². The van der Waals surface area contributed by atoms with Crippen LogP contribution in [-0.4, -0.2) is 66.8 Å². The number of aryl methyl sites for hydroxylation is 2. The molecule has 180 valence electrons. The summed E-state index contributed by atoms with van der Waals surface area (Å²) in [5.41, 5.74) is 6.12. The monoisotopic (exact) mass is 473 g/mol. The predicted octanol–water partition coefficient (Wildman–Crippen LogP) is 1.76. The lowest BCUT2D eigenvalue weighted by Crippen LogP contribution is -2.33. The maximum atomic E-state index is 10.5. The first-order chi connectivity index (χ1) is 17.1. The number of hydrogen-bond acceptors (Lipinski definition) is 8. The van der Waals surface area contributed by atoms with E-state index in [0.29, 0.717) is 17.0 Å². The number of benzene rings is 2. The SMILES string of the molecule is CN(c1ncnc2c1ncn2[C@@H]1O[C@H](CO)[C@@H](O)[C@H]1O)C1c2ccccc2CCc2ccccc21. The van der Waals surface area contributed by atoms with E-state index in [1.807, 2.05) is 7.05 Å². The van der Waals surface area contributed by atoms with Crippen LogP contribution >= 0.6 is 0 Å². The maximum Gasteiger partial charge on any atom is 0.167 e. The molecule has 4 atom stereocenters. The van der Waals surface area contributed by atoms with Gasteiger partial charge in [0.15, 0.2) is 23.2 Å². The average Bonchev–Trinajstić information content (AvgIpc) is 3.38. The Kier molecular flexibility index (Phi) is 5.49. The summed E-state index contributed by atoms with van der Waals surface area (Å²) in [6.07, 6.45) is 0.725. The second-order valence-corrected chi connectivity index (χ2v) is 9.16. The molecule has 0 amide bonds. The molecular weight excluding hydrogens is 446 g/mol. The van der Waals surface area contributed by atoms with Crippen LogP contribution in [-0.2, 0) is 17.6 Å². The molecular formula is C26H27N5O4. The van der Waals surface area contributed by atoms with E-state index in [0.717, 1.165) is 12.8 Å². The molecule has 9 nitrogen and oxygen atoms in total. The molecule has 0 spiro atoms. The van der Waals surface area contributed by atoms with Crippen LogP contribution in [0.2, 0.25) is 0 Å². The first kappa shape index (κ1) is 22.1. The summed E-state index contributed by atoms with van der Waals surface area (Å²) in [7, 11) is 2.01. The highest BCUT2D eigenvalue weighted by Crippen LogP contribution is 2.39. The summed E-state index contributed by atoms with van der Waals surface area (Å²) in [4.78, 5) is 15.7. The number of ether oxygens (including phenoxy) is 1. The van der Waals surface area contributed by atoms with Crippen LogP contribution in [0.15, 0.2) is 61.2 Å². The van der Waals surface area contributed by atoms with Crippen LogP contribution in [0.25, 0.3) is 11.2 Å². The lowest BCUT2D eigenvalue weighted by Gasteiger charge is -2.31.